The van der Waals surface area contributed by atoms with E-state index in [0.717, 1.165) is 36.3 Å². The molecule has 0 saturated heterocycles. The molecule has 180 valence electrons. The van der Waals surface area contributed by atoms with Crippen LogP contribution in [-0.2, 0) is 18.5 Å². The largest absolute Gasteiger partial charge is 0.493 e. The standard InChI is InChI=1S/C25H32N6O3/c1-6-25(2,27-12-11-18-15-26-20-10-8-7-9-19(18)20)24-28-29-30-31(24)16-17-13-21(32-3)23(34-5)22(14-17)33-4/h7-10,13-15,26-27H,6,11-12,16H2,1-5H3/t25-/m1/s1. The molecule has 0 saturated carbocycles. The number of hydrogen-bond donors (Lipinski definition) is 2. The minimum Gasteiger partial charge on any atom is -0.493 e. The Morgan fingerprint density at radius 2 is 1.79 bits per heavy atom. The fourth-order valence-electron chi connectivity index (χ4n) is 4.28. The molecule has 2 aromatic heterocycles. The van der Waals surface area contributed by atoms with Gasteiger partial charge in [-0.1, -0.05) is 25.1 Å². The van der Waals surface area contributed by atoms with E-state index in [9.17, 15) is 0 Å². The molecule has 0 amide bonds. The van der Waals surface area contributed by atoms with Gasteiger partial charge in [0.05, 0.1) is 33.4 Å². The third kappa shape index (κ3) is 4.56. The van der Waals surface area contributed by atoms with Crippen LogP contribution in [0.3, 0.4) is 0 Å². The number of rotatable bonds is 11. The topological polar surface area (TPSA) is 99.1 Å². The molecule has 0 unspecified atom stereocenters. The lowest BCUT2D eigenvalue weighted by atomic mass is 9.97. The van der Waals surface area contributed by atoms with Crippen molar-refractivity contribution >= 4 is 10.9 Å². The fourth-order valence-corrected chi connectivity index (χ4v) is 4.28. The Balaban J connectivity index is 1.52. The summed E-state index contributed by atoms with van der Waals surface area (Å²) in [5.41, 5.74) is 3.00. The molecular formula is C25H32N6O3. The number of benzene rings is 2. The van der Waals surface area contributed by atoms with Crippen molar-refractivity contribution in [1.82, 2.24) is 30.5 Å². The number of ether oxygens (including phenoxy) is 3. The minimum absolute atomic E-state index is 0.393. The van der Waals surface area contributed by atoms with Crippen molar-refractivity contribution in [3.63, 3.8) is 0 Å². The maximum atomic E-state index is 5.50. The van der Waals surface area contributed by atoms with Gasteiger partial charge in [0, 0.05) is 23.6 Å². The van der Waals surface area contributed by atoms with E-state index in [0.29, 0.717) is 23.8 Å². The highest BCUT2D eigenvalue weighted by atomic mass is 16.5. The summed E-state index contributed by atoms with van der Waals surface area (Å²) in [6.07, 6.45) is 3.81. The van der Waals surface area contributed by atoms with Crippen LogP contribution in [-0.4, -0.2) is 53.1 Å². The van der Waals surface area contributed by atoms with Gasteiger partial charge in [0.25, 0.3) is 0 Å². The van der Waals surface area contributed by atoms with Gasteiger partial charge >= 0.3 is 0 Å². The van der Waals surface area contributed by atoms with E-state index in [-0.39, 0.29) is 0 Å². The molecule has 0 fully saturated rings. The molecule has 0 aliphatic rings. The van der Waals surface area contributed by atoms with Crippen LogP contribution in [0.4, 0.5) is 0 Å². The van der Waals surface area contributed by atoms with Gasteiger partial charge in [0.2, 0.25) is 5.75 Å². The first-order valence-corrected chi connectivity index (χ1v) is 11.4. The molecule has 2 aromatic carbocycles. The predicted octanol–water partition coefficient (Wildman–Crippen LogP) is 3.69. The van der Waals surface area contributed by atoms with Crippen LogP contribution in [0.1, 0.15) is 37.2 Å². The number of nitrogens with zero attached hydrogens (tertiary/aromatic N) is 4. The number of nitrogens with one attached hydrogen (secondary N) is 2. The Morgan fingerprint density at radius 1 is 1.06 bits per heavy atom. The third-order valence-electron chi connectivity index (χ3n) is 6.37. The maximum absolute atomic E-state index is 5.50. The van der Waals surface area contributed by atoms with E-state index in [4.69, 9.17) is 14.2 Å². The van der Waals surface area contributed by atoms with E-state index < -0.39 is 5.54 Å². The predicted molar refractivity (Wildman–Crippen MR) is 131 cm³/mol. The summed E-state index contributed by atoms with van der Waals surface area (Å²) in [7, 11) is 4.80. The Kier molecular flexibility index (Phi) is 7.02. The van der Waals surface area contributed by atoms with E-state index in [1.165, 1.54) is 10.9 Å². The smallest absolute Gasteiger partial charge is 0.203 e. The van der Waals surface area contributed by atoms with Gasteiger partial charge in [-0.3, -0.25) is 0 Å². The molecular weight excluding hydrogens is 432 g/mol. The summed E-state index contributed by atoms with van der Waals surface area (Å²) in [4.78, 5) is 3.35. The number of aromatic amines is 1. The molecule has 0 radical (unpaired) electrons. The second-order valence-electron chi connectivity index (χ2n) is 8.42. The molecule has 4 aromatic rings. The average molecular weight is 465 g/mol. The van der Waals surface area contributed by atoms with Crippen molar-refractivity contribution in [3.05, 3.63) is 59.5 Å². The lowest BCUT2D eigenvalue weighted by Crippen LogP contribution is -2.42. The summed E-state index contributed by atoms with van der Waals surface area (Å²) in [5.74, 6) is 2.54. The minimum atomic E-state index is -0.393. The number of para-hydroxylation sites is 1. The first-order chi connectivity index (χ1) is 16.5. The van der Waals surface area contributed by atoms with Crippen molar-refractivity contribution in [3.8, 4) is 17.2 Å². The third-order valence-corrected chi connectivity index (χ3v) is 6.37. The van der Waals surface area contributed by atoms with E-state index >= 15 is 0 Å². The molecule has 9 heteroatoms. The zero-order valence-corrected chi connectivity index (χ0v) is 20.4. The summed E-state index contributed by atoms with van der Waals surface area (Å²) < 4.78 is 18.2. The summed E-state index contributed by atoms with van der Waals surface area (Å²) in [5, 5.41) is 17.6. The van der Waals surface area contributed by atoms with Crippen LogP contribution in [0.5, 0.6) is 17.2 Å². The van der Waals surface area contributed by atoms with Crippen LogP contribution in [0.2, 0.25) is 0 Å². The monoisotopic (exact) mass is 464 g/mol. The van der Waals surface area contributed by atoms with Crippen molar-refractivity contribution in [1.29, 1.82) is 0 Å². The second-order valence-corrected chi connectivity index (χ2v) is 8.42. The highest BCUT2D eigenvalue weighted by molar-refractivity contribution is 5.83. The number of methoxy groups -OCH3 is 3. The molecule has 0 aliphatic carbocycles. The van der Waals surface area contributed by atoms with Gasteiger partial charge in [-0.15, -0.1) is 5.10 Å². The van der Waals surface area contributed by atoms with Gasteiger partial charge in [0.1, 0.15) is 0 Å². The molecule has 2 N–H and O–H groups in total. The maximum Gasteiger partial charge on any atom is 0.203 e. The molecule has 2 heterocycles. The molecule has 9 nitrogen and oxygen atoms in total. The molecule has 0 bridgehead atoms. The van der Waals surface area contributed by atoms with Gasteiger partial charge in [-0.2, -0.15) is 0 Å². The van der Waals surface area contributed by atoms with Crippen LogP contribution < -0.4 is 19.5 Å². The molecule has 0 spiro atoms. The lowest BCUT2D eigenvalue weighted by Gasteiger charge is -2.28. The molecule has 4 rings (SSSR count). The van der Waals surface area contributed by atoms with E-state index in [2.05, 4.69) is 64.1 Å². The zero-order chi connectivity index (χ0) is 24.1. The van der Waals surface area contributed by atoms with E-state index in [1.807, 2.05) is 22.9 Å². The lowest BCUT2D eigenvalue weighted by molar-refractivity contribution is 0.317. The Bertz CT molecular complexity index is 1230. The first kappa shape index (κ1) is 23.6. The Labute approximate surface area is 199 Å². The fraction of sp³-hybridized carbons (Fsp3) is 0.400. The van der Waals surface area contributed by atoms with Crippen molar-refractivity contribution in [2.75, 3.05) is 27.9 Å². The summed E-state index contributed by atoms with van der Waals surface area (Å²) in [6.45, 7) is 5.54. The molecule has 1 atom stereocenters. The number of hydrogen-bond acceptors (Lipinski definition) is 7. The zero-order valence-electron chi connectivity index (χ0n) is 20.4. The SMILES string of the molecule is CC[C@@](C)(NCCc1c[nH]c2ccccc12)c1nnnn1Cc1cc(OC)c(OC)c(OC)c1. The van der Waals surface area contributed by atoms with Crippen LogP contribution in [0, 0.1) is 0 Å². The van der Waals surface area contributed by atoms with Crippen LogP contribution >= 0.6 is 0 Å². The van der Waals surface area contributed by atoms with Crippen molar-refractivity contribution in [2.24, 2.45) is 0 Å². The van der Waals surface area contributed by atoms with Crippen molar-refractivity contribution < 1.29 is 14.2 Å². The normalized spacial score (nSPS) is 13.1. The van der Waals surface area contributed by atoms with Crippen LogP contribution in [0.15, 0.2) is 42.6 Å². The molecule has 0 aliphatic heterocycles. The quantitative estimate of drug-likeness (QED) is 0.349. The number of tetrazole rings is 1. The van der Waals surface area contributed by atoms with Gasteiger partial charge in [-0.25, -0.2) is 4.68 Å². The first-order valence-electron chi connectivity index (χ1n) is 11.4. The van der Waals surface area contributed by atoms with E-state index in [1.54, 1.807) is 21.3 Å². The van der Waals surface area contributed by atoms with Crippen molar-refractivity contribution in [2.45, 2.75) is 38.8 Å². The highest BCUT2D eigenvalue weighted by Crippen LogP contribution is 2.38. The Morgan fingerprint density at radius 3 is 2.47 bits per heavy atom. The second kappa shape index (κ2) is 10.1. The number of H-pyrrole nitrogens is 1. The highest BCUT2D eigenvalue weighted by Gasteiger charge is 2.30. The Hall–Kier alpha value is -3.59. The average Bonchev–Trinajstić information content (AvgIpc) is 3.50. The number of aromatic nitrogens is 5. The van der Waals surface area contributed by atoms with Crippen LogP contribution in [0.25, 0.3) is 10.9 Å². The van der Waals surface area contributed by atoms with Gasteiger partial charge < -0.3 is 24.5 Å². The number of fused-ring (bicyclic) bond motifs is 1. The summed E-state index contributed by atoms with van der Waals surface area (Å²) in [6, 6.07) is 12.2. The molecule has 34 heavy (non-hydrogen) atoms. The van der Waals surface area contributed by atoms with Gasteiger partial charge in [-0.05, 0) is 59.5 Å². The van der Waals surface area contributed by atoms with Gasteiger partial charge in [0.15, 0.2) is 17.3 Å². The summed E-state index contributed by atoms with van der Waals surface area (Å²) >= 11 is 0.